The summed E-state index contributed by atoms with van der Waals surface area (Å²) in [6, 6.07) is 2.45. The fourth-order valence-electron chi connectivity index (χ4n) is 2.23. The number of nitrogens with one attached hydrogen (secondary N) is 1. The van der Waals surface area contributed by atoms with Gasteiger partial charge >= 0.3 is 6.18 Å². The summed E-state index contributed by atoms with van der Waals surface area (Å²) in [5.41, 5.74) is 0.129. The van der Waals surface area contributed by atoms with Crippen molar-refractivity contribution in [1.82, 2.24) is 10.2 Å². The van der Waals surface area contributed by atoms with Crippen LogP contribution in [0.4, 0.5) is 13.2 Å². The number of halogens is 7. The Hall–Kier alpha value is 0.0900. The van der Waals surface area contributed by atoms with E-state index in [2.05, 4.69) is 5.32 Å². The van der Waals surface area contributed by atoms with E-state index in [4.69, 9.17) is 23.2 Å². The molecule has 0 aromatic heterocycles. The number of piperazine rings is 1. The van der Waals surface area contributed by atoms with E-state index >= 15 is 0 Å². The maximum absolute atomic E-state index is 13.3. The number of rotatable bonds is 2. The molecular formula is C12H15Cl4F3N2. The Labute approximate surface area is 143 Å². The van der Waals surface area contributed by atoms with E-state index < -0.39 is 12.2 Å². The highest BCUT2D eigenvalue weighted by Gasteiger charge is 2.44. The van der Waals surface area contributed by atoms with E-state index in [1.165, 1.54) is 23.1 Å². The van der Waals surface area contributed by atoms with Crippen molar-refractivity contribution in [1.29, 1.82) is 0 Å². The number of nitrogens with zero attached hydrogens (tertiary/aromatic N) is 1. The van der Waals surface area contributed by atoms with Crippen molar-refractivity contribution in [3.8, 4) is 0 Å². The summed E-state index contributed by atoms with van der Waals surface area (Å²) in [6.07, 6.45) is -4.34. The van der Waals surface area contributed by atoms with E-state index in [0.717, 1.165) is 0 Å². The molecule has 2 nitrogen and oxygen atoms in total. The molecule has 1 N–H and O–H groups in total. The largest absolute Gasteiger partial charge is 0.408 e. The average molecular weight is 386 g/mol. The molecule has 1 atom stereocenters. The maximum atomic E-state index is 13.3. The minimum absolute atomic E-state index is 0. The van der Waals surface area contributed by atoms with Crippen LogP contribution in [0.2, 0.25) is 10.0 Å². The molecular weight excluding hydrogens is 371 g/mol. The Morgan fingerprint density at radius 1 is 1.05 bits per heavy atom. The van der Waals surface area contributed by atoms with Crippen molar-refractivity contribution in [2.45, 2.75) is 12.2 Å². The first-order chi connectivity index (χ1) is 8.89. The highest BCUT2D eigenvalue weighted by atomic mass is 35.5. The second-order valence-corrected chi connectivity index (χ2v) is 5.22. The van der Waals surface area contributed by atoms with Crippen LogP contribution in [0.25, 0.3) is 0 Å². The smallest absolute Gasteiger partial charge is 0.314 e. The van der Waals surface area contributed by atoms with Gasteiger partial charge in [-0.15, -0.1) is 24.8 Å². The van der Waals surface area contributed by atoms with Crippen LogP contribution in [0.15, 0.2) is 18.2 Å². The summed E-state index contributed by atoms with van der Waals surface area (Å²) in [4.78, 5) is 1.41. The van der Waals surface area contributed by atoms with E-state index in [-0.39, 0.29) is 40.4 Å². The molecule has 0 aliphatic carbocycles. The molecule has 0 amide bonds. The van der Waals surface area contributed by atoms with Gasteiger partial charge in [-0.1, -0.05) is 29.3 Å². The van der Waals surface area contributed by atoms with Crippen LogP contribution in [0.5, 0.6) is 0 Å². The summed E-state index contributed by atoms with van der Waals surface area (Å²) in [5, 5.41) is 3.44. The van der Waals surface area contributed by atoms with Crippen LogP contribution in [0.1, 0.15) is 11.6 Å². The molecule has 1 heterocycles. The third kappa shape index (κ3) is 5.34. The van der Waals surface area contributed by atoms with Crippen molar-refractivity contribution in [3.05, 3.63) is 33.8 Å². The molecule has 0 spiro atoms. The zero-order chi connectivity index (χ0) is 14.0. The number of alkyl halides is 3. The van der Waals surface area contributed by atoms with E-state index in [1.54, 1.807) is 0 Å². The highest BCUT2D eigenvalue weighted by molar-refractivity contribution is 6.42. The Morgan fingerprint density at radius 2 is 1.62 bits per heavy atom. The van der Waals surface area contributed by atoms with Gasteiger partial charge in [-0.3, -0.25) is 4.90 Å². The maximum Gasteiger partial charge on any atom is 0.408 e. The van der Waals surface area contributed by atoms with Crippen molar-refractivity contribution >= 4 is 48.0 Å². The van der Waals surface area contributed by atoms with Crippen LogP contribution in [-0.4, -0.2) is 37.3 Å². The Kier molecular flexibility index (Phi) is 8.69. The van der Waals surface area contributed by atoms with Crippen molar-refractivity contribution in [3.63, 3.8) is 0 Å². The summed E-state index contributed by atoms with van der Waals surface area (Å²) < 4.78 is 39.9. The molecule has 1 aliphatic rings. The molecule has 1 aliphatic heterocycles. The second-order valence-electron chi connectivity index (χ2n) is 4.40. The molecule has 0 unspecified atom stereocenters. The Balaban J connectivity index is 0.00000200. The van der Waals surface area contributed by atoms with Gasteiger partial charge in [-0.2, -0.15) is 13.2 Å². The van der Waals surface area contributed by atoms with Gasteiger partial charge in [0.05, 0.1) is 10.0 Å². The monoisotopic (exact) mass is 384 g/mol. The molecule has 9 heteroatoms. The second kappa shape index (κ2) is 8.65. The van der Waals surface area contributed by atoms with Gasteiger partial charge in [0.2, 0.25) is 0 Å². The summed E-state index contributed by atoms with van der Waals surface area (Å²) >= 11 is 11.6. The van der Waals surface area contributed by atoms with Gasteiger partial charge in [-0.25, -0.2) is 0 Å². The van der Waals surface area contributed by atoms with E-state index in [9.17, 15) is 13.2 Å². The minimum Gasteiger partial charge on any atom is -0.314 e. The highest BCUT2D eigenvalue weighted by Crippen LogP contribution is 2.39. The Morgan fingerprint density at radius 3 is 2.10 bits per heavy atom. The molecule has 1 aromatic carbocycles. The molecule has 21 heavy (non-hydrogen) atoms. The standard InChI is InChI=1S/C12H13Cl2F3N2.2ClH/c13-9-2-1-8(7-10(9)14)11(12(15,16)17)19-5-3-18-4-6-19;;/h1-2,7,11,18H,3-6H2;2*1H/t11-;;/m1../s1. The summed E-state index contributed by atoms with van der Waals surface area (Å²) in [7, 11) is 0. The SMILES string of the molecule is Cl.Cl.FC(F)(F)[C@@H](c1ccc(Cl)c(Cl)c1)N1CCNCC1. The molecule has 0 radical (unpaired) electrons. The molecule has 0 saturated carbocycles. The molecule has 1 fully saturated rings. The van der Waals surface area contributed by atoms with Crippen LogP contribution < -0.4 is 5.32 Å². The van der Waals surface area contributed by atoms with Gasteiger partial charge in [0.1, 0.15) is 6.04 Å². The normalized spacial score (nSPS) is 17.6. The van der Waals surface area contributed by atoms with Crippen LogP contribution >= 0.6 is 48.0 Å². The predicted octanol–water partition coefficient (Wildman–Crippen LogP) is 4.35. The van der Waals surface area contributed by atoms with Gasteiger partial charge in [0.25, 0.3) is 0 Å². The van der Waals surface area contributed by atoms with E-state index in [0.29, 0.717) is 26.2 Å². The third-order valence-electron chi connectivity index (χ3n) is 3.09. The lowest BCUT2D eigenvalue weighted by Gasteiger charge is -2.36. The Bertz CT molecular complexity index is 451. The average Bonchev–Trinajstić information content (AvgIpc) is 2.34. The topological polar surface area (TPSA) is 15.3 Å². The lowest BCUT2D eigenvalue weighted by molar-refractivity contribution is -0.187. The summed E-state index contributed by atoms with van der Waals surface area (Å²) in [5.74, 6) is 0. The first-order valence-electron chi connectivity index (χ1n) is 5.86. The van der Waals surface area contributed by atoms with Gasteiger partial charge in [0, 0.05) is 26.2 Å². The van der Waals surface area contributed by atoms with Crippen LogP contribution in [0, 0.1) is 0 Å². The molecule has 0 bridgehead atoms. The quantitative estimate of drug-likeness (QED) is 0.814. The minimum atomic E-state index is -4.34. The van der Waals surface area contributed by atoms with Crippen molar-refractivity contribution in [2.75, 3.05) is 26.2 Å². The third-order valence-corrected chi connectivity index (χ3v) is 3.83. The van der Waals surface area contributed by atoms with Gasteiger partial charge in [-0.05, 0) is 17.7 Å². The lowest BCUT2D eigenvalue weighted by Crippen LogP contribution is -2.49. The molecule has 1 aromatic rings. The lowest BCUT2D eigenvalue weighted by atomic mass is 10.0. The van der Waals surface area contributed by atoms with Gasteiger partial charge < -0.3 is 5.32 Å². The van der Waals surface area contributed by atoms with Crippen LogP contribution in [-0.2, 0) is 0 Å². The zero-order valence-electron chi connectivity index (χ0n) is 10.8. The number of hydrogen-bond donors (Lipinski definition) is 1. The van der Waals surface area contributed by atoms with Crippen LogP contribution in [0.3, 0.4) is 0 Å². The first-order valence-corrected chi connectivity index (χ1v) is 6.61. The van der Waals surface area contributed by atoms with Gasteiger partial charge in [0.15, 0.2) is 0 Å². The number of hydrogen-bond acceptors (Lipinski definition) is 2. The first kappa shape index (κ1) is 21.1. The van der Waals surface area contributed by atoms with Crippen molar-refractivity contribution < 1.29 is 13.2 Å². The fourth-order valence-corrected chi connectivity index (χ4v) is 2.54. The molecule has 1 saturated heterocycles. The fraction of sp³-hybridized carbons (Fsp3) is 0.500. The molecule has 2 rings (SSSR count). The van der Waals surface area contributed by atoms with E-state index in [1.807, 2.05) is 0 Å². The zero-order valence-corrected chi connectivity index (χ0v) is 13.9. The molecule has 122 valence electrons. The van der Waals surface area contributed by atoms with Crippen molar-refractivity contribution in [2.24, 2.45) is 0 Å². The summed E-state index contributed by atoms with van der Waals surface area (Å²) in [6.45, 7) is 1.80. The predicted molar refractivity (Wildman–Crippen MR) is 84.2 cm³/mol. The number of benzene rings is 1.